The van der Waals surface area contributed by atoms with Crippen LogP contribution in [0.3, 0.4) is 0 Å². The Morgan fingerprint density at radius 3 is 1.87 bits per heavy atom. The van der Waals surface area contributed by atoms with E-state index >= 15 is 0 Å². The van der Waals surface area contributed by atoms with Gasteiger partial charge < -0.3 is 0 Å². The molecule has 0 radical (unpaired) electrons. The summed E-state index contributed by atoms with van der Waals surface area (Å²) in [6.07, 6.45) is 0. The van der Waals surface area contributed by atoms with E-state index in [-0.39, 0.29) is 49.0 Å². The molecule has 0 aromatic heterocycles. The van der Waals surface area contributed by atoms with Crippen LogP contribution in [0, 0.1) is 11.6 Å². The Morgan fingerprint density at radius 2 is 1.53 bits per heavy atom. The Balaban J connectivity index is 0.000000336. The van der Waals surface area contributed by atoms with Gasteiger partial charge >= 0.3 is 102 Å². The van der Waals surface area contributed by atoms with Gasteiger partial charge in [-0.3, -0.25) is 9.11 Å². The zero-order valence-corrected chi connectivity index (χ0v) is 11.4. The fourth-order valence-corrected chi connectivity index (χ4v) is 1.24. The van der Waals surface area contributed by atoms with Crippen molar-refractivity contribution >= 4 is 59.0 Å². The van der Waals surface area contributed by atoms with E-state index in [2.05, 4.69) is 0 Å². The molecule has 0 aliphatic rings. The van der Waals surface area contributed by atoms with E-state index in [4.69, 9.17) is 22.6 Å². The molecular formula is C6H5F2KO5S. The first-order valence-corrected chi connectivity index (χ1v) is 6.42. The van der Waals surface area contributed by atoms with Gasteiger partial charge in [-0.05, 0) is 0 Å². The first-order valence-electron chi connectivity index (χ1n) is 3.46. The quantitative estimate of drug-likeness (QED) is 0.447. The molecule has 5 nitrogen and oxygen atoms in total. The van der Waals surface area contributed by atoms with Crippen LogP contribution in [0.25, 0.3) is 0 Å². The predicted octanol–water partition coefficient (Wildman–Crippen LogP) is -0.189. The third kappa shape index (κ3) is 7.30. The van der Waals surface area contributed by atoms with Crippen LogP contribution < -0.4 is -0.342 Å². The molecule has 80 valence electrons. The molecule has 3 N–H and O–H groups in total. The van der Waals surface area contributed by atoms with Crippen LogP contribution in [-0.4, -0.2) is 71.6 Å². The van der Waals surface area contributed by atoms with Gasteiger partial charge in [-0.1, -0.05) is 0 Å². The van der Waals surface area contributed by atoms with Crippen molar-refractivity contribution in [2.45, 2.75) is 0 Å². The SMILES string of the molecule is O=S(=O)(O)O.Oc1cc[c]([K])c(F)c1F. The fraction of sp³-hybridized carbons (Fsp3) is 0. The van der Waals surface area contributed by atoms with Gasteiger partial charge in [0.15, 0.2) is 0 Å². The molecule has 15 heavy (non-hydrogen) atoms. The van der Waals surface area contributed by atoms with Gasteiger partial charge in [0.05, 0.1) is 0 Å². The second-order valence-corrected chi connectivity index (χ2v) is 5.06. The fourth-order valence-electron chi connectivity index (χ4n) is 0.636. The van der Waals surface area contributed by atoms with E-state index in [1.165, 1.54) is 12.1 Å². The molecule has 0 unspecified atom stereocenters. The van der Waals surface area contributed by atoms with Gasteiger partial charge in [0.25, 0.3) is 0 Å². The van der Waals surface area contributed by atoms with E-state index in [0.29, 0.717) is -0.342 Å². The molecule has 0 spiro atoms. The number of benzene rings is 1. The summed E-state index contributed by atoms with van der Waals surface area (Å²) in [5, 5.41) is 8.63. The summed E-state index contributed by atoms with van der Waals surface area (Å²) in [6.45, 7) is 0. The summed E-state index contributed by atoms with van der Waals surface area (Å²) < 4.78 is 56.9. The molecule has 0 heterocycles. The number of phenols is 1. The summed E-state index contributed by atoms with van der Waals surface area (Å²) in [4.78, 5) is 0. The third-order valence-corrected chi connectivity index (χ3v) is 2.46. The number of rotatable bonds is 0. The van der Waals surface area contributed by atoms with Gasteiger partial charge in [-0.25, -0.2) is 0 Å². The molecule has 0 bridgehead atoms. The molecule has 0 aliphatic heterocycles. The Morgan fingerprint density at radius 1 is 1.13 bits per heavy atom. The number of hydrogen-bond acceptors (Lipinski definition) is 3. The van der Waals surface area contributed by atoms with Crippen LogP contribution in [-0.2, 0) is 10.4 Å². The van der Waals surface area contributed by atoms with Crippen molar-refractivity contribution in [1.29, 1.82) is 0 Å². The molecule has 0 atom stereocenters. The Bertz CT molecular complexity index is 412. The molecule has 1 aromatic rings. The Kier molecular flexibility index (Phi) is 6.36. The van der Waals surface area contributed by atoms with Gasteiger partial charge in [0.2, 0.25) is 0 Å². The maximum atomic E-state index is 12.5. The van der Waals surface area contributed by atoms with E-state index < -0.39 is 27.8 Å². The van der Waals surface area contributed by atoms with Crippen LogP contribution in [0.15, 0.2) is 12.1 Å². The molecule has 0 amide bonds. The van der Waals surface area contributed by atoms with Crippen LogP contribution in [0.2, 0.25) is 0 Å². The van der Waals surface area contributed by atoms with Crippen molar-refractivity contribution in [3.05, 3.63) is 23.8 Å². The number of phenolic OH excluding ortho intramolecular Hbond substituents is 1. The number of halogens is 2. The average Bonchev–Trinajstić information content (AvgIpc) is 2.05. The maximum absolute atomic E-state index is 12.5. The summed E-state index contributed by atoms with van der Waals surface area (Å²) in [5.41, 5.74) is 0. The molecule has 0 fully saturated rings. The van der Waals surface area contributed by atoms with Crippen molar-refractivity contribution < 1.29 is 31.4 Å². The first kappa shape index (κ1) is 15.4. The van der Waals surface area contributed by atoms with Crippen LogP contribution in [0.1, 0.15) is 0 Å². The number of hydrogen-bond donors (Lipinski definition) is 3. The summed E-state index contributed by atoms with van der Waals surface area (Å²) in [5.74, 6) is -2.66. The van der Waals surface area contributed by atoms with E-state index in [1.807, 2.05) is 0 Å². The zero-order valence-electron chi connectivity index (χ0n) is 7.48. The van der Waals surface area contributed by atoms with Crippen LogP contribution in [0.4, 0.5) is 8.78 Å². The molecule has 0 saturated carbocycles. The van der Waals surface area contributed by atoms with Crippen molar-refractivity contribution in [3.63, 3.8) is 0 Å². The summed E-state index contributed by atoms with van der Waals surface area (Å²) in [6, 6.07) is 2.56. The second-order valence-electron chi connectivity index (χ2n) is 2.48. The van der Waals surface area contributed by atoms with Gasteiger partial charge in [-0.2, -0.15) is 8.42 Å². The third-order valence-electron chi connectivity index (χ3n) is 1.26. The van der Waals surface area contributed by atoms with E-state index in [0.717, 1.165) is 0 Å². The monoisotopic (exact) mass is 266 g/mol. The van der Waals surface area contributed by atoms with Gasteiger partial charge in [-0.15, -0.1) is 0 Å². The molecule has 1 aromatic carbocycles. The predicted molar refractivity (Wildman–Crippen MR) is 47.6 cm³/mol. The second kappa shape index (κ2) is 6.20. The van der Waals surface area contributed by atoms with Crippen molar-refractivity contribution in [3.8, 4) is 5.75 Å². The van der Waals surface area contributed by atoms with Crippen LogP contribution >= 0.6 is 0 Å². The van der Waals surface area contributed by atoms with Gasteiger partial charge in [0, 0.05) is 0 Å². The Hall–Kier alpha value is 0.386. The Labute approximate surface area is 118 Å². The van der Waals surface area contributed by atoms with Crippen molar-refractivity contribution in [2.75, 3.05) is 0 Å². The topological polar surface area (TPSA) is 94.8 Å². The molecule has 0 saturated heterocycles. The van der Waals surface area contributed by atoms with Crippen molar-refractivity contribution in [2.24, 2.45) is 0 Å². The average molecular weight is 266 g/mol. The van der Waals surface area contributed by atoms with E-state index in [1.54, 1.807) is 0 Å². The summed E-state index contributed by atoms with van der Waals surface area (Å²) >= 11 is 0.103. The first-order chi connectivity index (χ1) is 6.63. The minimum atomic E-state index is -4.67. The number of aromatic hydroxyl groups is 1. The zero-order chi connectivity index (χ0) is 12.2. The minimum absolute atomic E-state index is 0.103. The molecular weight excluding hydrogens is 261 g/mol. The molecule has 9 heteroatoms. The summed E-state index contributed by atoms with van der Waals surface area (Å²) in [7, 11) is -4.67. The van der Waals surface area contributed by atoms with Gasteiger partial charge in [0.1, 0.15) is 0 Å². The standard InChI is InChI=1S/C6H3F2O.K.H2O4S/c7-4-2-1-3-5(9)6(4)8;;1-5(2,3)4/h1,3,9H;;(H2,1,2,3,4). The van der Waals surface area contributed by atoms with Crippen molar-refractivity contribution in [1.82, 2.24) is 0 Å². The molecule has 1 rings (SSSR count). The van der Waals surface area contributed by atoms with E-state index in [9.17, 15) is 8.78 Å². The normalized spacial score (nSPS) is 10.5. The molecule has 0 aliphatic carbocycles. The van der Waals surface area contributed by atoms with Crippen LogP contribution in [0.5, 0.6) is 5.75 Å².